The fourth-order valence-electron chi connectivity index (χ4n) is 4.46. The smallest absolute Gasteiger partial charge is 0.224 e. The highest BCUT2D eigenvalue weighted by molar-refractivity contribution is 5.98. The summed E-state index contributed by atoms with van der Waals surface area (Å²) in [6.07, 6.45) is 11.7. The van der Waals surface area contributed by atoms with Gasteiger partial charge in [0.1, 0.15) is 11.4 Å². The standard InChI is InChI=1S/C28H24FN9O/c1-28(2,3)9-21(39)34-17-8-16(10-31-11-17)24-23(29)22-19(14-33-24)37-38-26(22)27-35-20-13-32-12-18(25(20)36-27)15-4-6-30-7-5-15/h4-8,10-14H,9H2,1-3H3,(H,34,39)(H,35,36)(H,37,38). The number of halogens is 1. The van der Waals surface area contributed by atoms with Crippen LogP contribution >= 0.6 is 0 Å². The van der Waals surface area contributed by atoms with E-state index >= 15 is 4.39 Å². The highest BCUT2D eigenvalue weighted by Crippen LogP contribution is 2.34. The Morgan fingerprint density at radius 2 is 1.74 bits per heavy atom. The van der Waals surface area contributed by atoms with Gasteiger partial charge in [0, 0.05) is 42.3 Å². The Labute approximate surface area is 222 Å². The summed E-state index contributed by atoms with van der Waals surface area (Å²) in [5.74, 6) is -0.339. The first kappa shape index (κ1) is 24.3. The molecule has 6 aromatic heterocycles. The lowest BCUT2D eigenvalue weighted by Crippen LogP contribution is -2.19. The highest BCUT2D eigenvalue weighted by Gasteiger charge is 2.22. The minimum Gasteiger partial charge on any atom is -0.335 e. The Hall–Kier alpha value is -5.06. The molecule has 6 aromatic rings. The monoisotopic (exact) mass is 521 g/mol. The van der Waals surface area contributed by atoms with Crippen molar-refractivity contribution in [3.63, 3.8) is 0 Å². The quantitative estimate of drug-likeness (QED) is 0.271. The number of aromatic nitrogens is 8. The molecule has 194 valence electrons. The van der Waals surface area contributed by atoms with E-state index < -0.39 is 5.82 Å². The van der Waals surface area contributed by atoms with Gasteiger partial charge in [-0.2, -0.15) is 5.10 Å². The first-order chi connectivity index (χ1) is 18.8. The van der Waals surface area contributed by atoms with Gasteiger partial charge in [0.15, 0.2) is 11.6 Å². The van der Waals surface area contributed by atoms with Crippen LogP contribution in [0.25, 0.3) is 55.8 Å². The molecule has 0 aliphatic rings. The van der Waals surface area contributed by atoms with E-state index in [0.29, 0.717) is 45.7 Å². The van der Waals surface area contributed by atoms with Crippen LogP contribution in [0.4, 0.5) is 10.1 Å². The van der Waals surface area contributed by atoms with Crippen LogP contribution in [0, 0.1) is 11.2 Å². The van der Waals surface area contributed by atoms with Crippen molar-refractivity contribution in [3.05, 3.63) is 67.4 Å². The van der Waals surface area contributed by atoms with Gasteiger partial charge in [-0.15, -0.1) is 0 Å². The van der Waals surface area contributed by atoms with Crippen molar-refractivity contribution in [2.75, 3.05) is 5.32 Å². The summed E-state index contributed by atoms with van der Waals surface area (Å²) in [6, 6.07) is 5.40. The Bertz CT molecular complexity index is 1840. The van der Waals surface area contributed by atoms with Crippen LogP contribution in [0.2, 0.25) is 0 Å². The summed E-state index contributed by atoms with van der Waals surface area (Å²) in [5, 5.41) is 10.3. The lowest BCUT2D eigenvalue weighted by molar-refractivity contribution is -0.117. The van der Waals surface area contributed by atoms with E-state index in [4.69, 9.17) is 4.98 Å². The number of carbonyl (C=O) groups excluding carboxylic acids is 1. The van der Waals surface area contributed by atoms with Gasteiger partial charge in [-0.1, -0.05) is 20.8 Å². The van der Waals surface area contributed by atoms with Gasteiger partial charge >= 0.3 is 0 Å². The molecule has 0 saturated carbocycles. The highest BCUT2D eigenvalue weighted by atomic mass is 19.1. The molecule has 10 nitrogen and oxygen atoms in total. The molecule has 0 bridgehead atoms. The molecule has 0 saturated heterocycles. The molecular formula is C28H24FN9O. The number of imidazole rings is 1. The third kappa shape index (κ3) is 4.70. The molecule has 0 fully saturated rings. The average molecular weight is 522 g/mol. The second kappa shape index (κ2) is 9.35. The number of nitrogens with zero attached hydrogens (tertiary/aromatic N) is 6. The summed E-state index contributed by atoms with van der Waals surface area (Å²) in [5.41, 5.74) is 4.62. The zero-order chi connectivity index (χ0) is 27.1. The van der Waals surface area contributed by atoms with Crippen LogP contribution in [0.15, 0.2) is 61.6 Å². The largest absolute Gasteiger partial charge is 0.335 e. The SMILES string of the molecule is CC(C)(C)CC(=O)Nc1cncc(-c2ncc3[nH]nc(-c4nc5c(-c6ccncc6)cncc5[nH]4)c3c2F)c1. The van der Waals surface area contributed by atoms with Gasteiger partial charge < -0.3 is 10.3 Å². The number of pyridine rings is 4. The first-order valence-electron chi connectivity index (χ1n) is 12.3. The van der Waals surface area contributed by atoms with Crippen LogP contribution in [0.3, 0.4) is 0 Å². The molecule has 0 spiro atoms. The van der Waals surface area contributed by atoms with E-state index in [1.807, 2.05) is 32.9 Å². The number of H-pyrrole nitrogens is 2. The summed E-state index contributed by atoms with van der Waals surface area (Å²) >= 11 is 0. The van der Waals surface area contributed by atoms with E-state index in [1.165, 1.54) is 18.6 Å². The average Bonchev–Trinajstić information content (AvgIpc) is 3.53. The van der Waals surface area contributed by atoms with Crippen LogP contribution in [0.1, 0.15) is 27.2 Å². The van der Waals surface area contributed by atoms with Crippen molar-refractivity contribution in [1.82, 2.24) is 40.1 Å². The molecule has 0 radical (unpaired) electrons. The maximum absolute atomic E-state index is 16.1. The molecule has 11 heteroatoms. The lowest BCUT2D eigenvalue weighted by Gasteiger charge is -2.17. The predicted molar refractivity (Wildman–Crippen MR) is 146 cm³/mol. The van der Waals surface area contributed by atoms with E-state index in [-0.39, 0.29) is 22.4 Å². The number of nitrogens with one attached hydrogen (secondary N) is 3. The molecule has 0 atom stereocenters. The van der Waals surface area contributed by atoms with E-state index in [1.54, 1.807) is 30.9 Å². The van der Waals surface area contributed by atoms with Crippen molar-refractivity contribution in [2.45, 2.75) is 27.2 Å². The molecule has 0 aliphatic heterocycles. The normalized spacial score (nSPS) is 11.8. The number of aromatic amines is 2. The van der Waals surface area contributed by atoms with Crippen molar-refractivity contribution in [1.29, 1.82) is 0 Å². The molecule has 3 N–H and O–H groups in total. The maximum Gasteiger partial charge on any atom is 0.224 e. The number of carbonyl (C=O) groups is 1. The number of hydrogen-bond acceptors (Lipinski definition) is 7. The molecule has 0 unspecified atom stereocenters. The summed E-state index contributed by atoms with van der Waals surface area (Å²) in [4.78, 5) is 37.3. The van der Waals surface area contributed by atoms with Crippen LogP contribution < -0.4 is 5.32 Å². The molecule has 0 aliphatic carbocycles. The van der Waals surface area contributed by atoms with Gasteiger partial charge in [0.25, 0.3) is 0 Å². The summed E-state index contributed by atoms with van der Waals surface area (Å²) in [6.45, 7) is 5.95. The molecule has 1 amide bonds. The summed E-state index contributed by atoms with van der Waals surface area (Å²) < 4.78 is 16.1. The third-order valence-corrected chi connectivity index (χ3v) is 6.14. The Kier molecular flexibility index (Phi) is 5.82. The van der Waals surface area contributed by atoms with Gasteiger partial charge in [0.05, 0.1) is 46.2 Å². The molecule has 39 heavy (non-hydrogen) atoms. The van der Waals surface area contributed by atoms with Gasteiger partial charge in [0.2, 0.25) is 5.91 Å². The van der Waals surface area contributed by atoms with E-state index in [0.717, 1.165) is 11.1 Å². The zero-order valence-electron chi connectivity index (χ0n) is 21.5. The number of amides is 1. The fraction of sp³-hybridized carbons (Fsp3) is 0.179. The molecule has 6 heterocycles. The second-order valence-electron chi connectivity index (χ2n) is 10.4. The van der Waals surface area contributed by atoms with Crippen LogP contribution in [-0.4, -0.2) is 46.0 Å². The van der Waals surface area contributed by atoms with E-state index in [2.05, 4.69) is 40.4 Å². The van der Waals surface area contributed by atoms with Crippen molar-refractivity contribution in [2.24, 2.45) is 5.41 Å². The maximum atomic E-state index is 16.1. The Morgan fingerprint density at radius 3 is 2.54 bits per heavy atom. The number of anilines is 1. The number of hydrogen-bond donors (Lipinski definition) is 3. The van der Waals surface area contributed by atoms with Crippen molar-refractivity contribution >= 4 is 33.5 Å². The molecule has 0 aromatic carbocycles. The molecule has 6 rings (SSSR count). The lowest BCUT2D eigenvalue weighted by atomic mass is 9.92. The number of fused-ring (bicyclic) bond motifs is 2. The van der Waals surface area contributed by atoms with E-state index in [9.17, 15) is 4.79 Å². The fourth-order valence-corrected chi connectivity index (χ4v) is 4.46. The minimum absolute atomic E-state index is 0.0832. The Balaban J connectivity index is 1.40. The zero-order valence-corrected chi connectivity index (χ0v) is 21.5. The Morgan fingerprint density at radius 1 is 0.949 bits per heavy atom. The van der Waals surface area contributed by atoms with Crippen molar-refractivity contribution in [3.8, 4) is 33.9 Å². The summed E-state index contributed by atoms with van der Waals surface area (Å²) in [7, 11) is 0. The minimum atomic E-state index is -0.579. The first-order valence-corrected chi connectivity index (χ1v) is 12.3. The second-order valence-corrected chi connectivity index (χ2v) is 10.4. The predicted octanol–water partition coefficient (Wildman–Crippen LogP) is 5.53. The van der Waals surface area contributed by atoms with Crippen LogP contribution in [0.5, 0.6) is 0 Å². The number of rotatable bonds is 5. The van der Waals surface area contributed by atoms with Gasteiger partial charge in [-0.25, -0.2) is 9.37 Å². The van der Waals surface area contributed by atoms with Gasteiger partial charge in [-0.3, -0.25) is 29.8 Å². The third-order valence-electron chi connectivity index (χ3n) is 6.14. The van der Waals surface area contributed by atoms with Crippen LogP contribution in [-0.2, 0) is 4.79 Å². The topological polar surface area (TPSA) is 138 Å². The molecular weight excluding hydrogens is 497 g/mol. The van der Waals surface area contributed by atoms with Gasteiger partial charge in [-0.05, 0) is 29.2 Å². The van der Waals surface area contributed by atoms with Crippen molar-refractivity contribution < 1.29 is 9.18 Å².